The maximum Gasteiger partial charge on any atom is 0.242 e. The molecule has 0 heterocycles. The highest BCUT2D eigenvalue weighted by atomic mass is 16.3. The molecule has 0 spiro atoms. The zero-order chi connectivity index (χ0) is 22.3. The number of nitrogens with one attached hydrogen (secondary N) is 2. The maximum atomic E-state index is 12.7. The van der Waals surface area contributed by atoms with Crippen molar-refractivity contribution in [3.8, 4) is 5.75 Å². The van der Waals surface area contributed by atoms with Gasteiger partial charge in [-0.2, -0.15) is 0 Å². The van der Waals surface area contributed by atoms with Gasteiger partial charge in [0.05, 0.1) is 5.54 Å². The van der Waals surface area contributed by atoms with Gasteiger partial charge in [-0.25, -0.2) is 0 Å². The molecule has 0 aliphatic carbocycles. The number of carbonyl (C=O) groups excluding carboxylic acids is 2. The van der Waals surface area contributed by atoms with Crippen LogP contribution in [0, 0.1) is 13.8 Å². The maximum absolute atomic E-state index is 12.7. The fraction of sp³-hybridized carbons (Fsp3) is 0.417. The lowest BCUT2D eigenvalue weighted by atomic mass is 9.88. The molecule has 0 unspecified atom stereocenters. The van der Waals surface area contributed by atoms with Gasteiger partial charge in [0.15, 0.2) is 0 Å². The number of aryl methyl sites for hydroxylation is 3. The first-order valence-corrected chi connectivity index (χ1v) is 10.3. The van der Waals surface area contributed by atoms with Crippen LogP contribution in [-0.4, -0.2) is 35.0 Å². The number of nitrogens with two attached hydrogens (primary N) is 1. The summed E-state index contributed by atoms with van der Waals surface area (Å²) in [6, 6.07) is 12.7. The summed E-state index contributed by atoms with van der Waals surface area (Å²) >= 11 is 0. The van der Waals surface area contributed by atoms with Gasteiger partial charge >= 0.3 is 0 Å². The van der Waals surface area contributed by atoms with Crippen LogP contribution in [0.4, 0.5) is 0 Å². The lowest BCUT2D eigenvalue weighted by Crippen LogP contribution is -2.57. The highest BCUT2D eigenvalue weighted by Crippen LogP contribution is 2.24. The van der Waals surface area contributed by atoms with Crippen LogP contribution in [0.3, 0.4) is 0 Å². The number of hydrogen-bond acceptors (Lipinski definition) is 4. The monoisotopic (exact) mass is 411 g/mol. The fourth-order valence-electron chi connectivity index (χ4n) is 3.43. The normalized spacial score (nSPS) is 13.9. The largest absolute Gasteiger partial charge is 0.508 e. The molecule has 0 saturated heterocycles. The number of phenols is 1. The van der Waals surface area contributed by atoms with Crippen molar-refractivity contribution >= 4 is 11.8 Å². The van der Waals surface area contributed by atoms with Gasteiger partial charge in [0, 0.05) is 6.54 Å². The second-order valence-electron chi connectivity index (χ2n) is 8.23. The molecule has 162 valence electrons. The van der Waals surface area contributed by atoms with E-state index in [4.69, 9.17) is 5.73 Å². The highest BCUT2D eigenvalue weighted by molar-refractivity contribution is 5.91. The van der Waals surface area contributed by atoms with Crippen molar-refractivity contribution in [1.82, 2.24) is 10.6 Å². The van der Waals surface area contributed by atoms with Crippen LogP contribution in [0.2, 0.25) is 0 Å². The zero-order valence-electron chi connectivity index (χ0n) is 18.3. The van der Waals surface area contributed by atoms with E-state index in [9.17, 15) is 14.7 Å². The third-order valence-corrected chi connectivity index (χ3v) is 5.27. The summed E-state index contributed by atoms with van der Waals surface area (Å²) in [6.45, 7) is 7.60. The lowest BCUT2D eigenvalue weighted by molar-refractivity contribution is -0.131. The molecule has 0 aromatic heterocycles. The van der Waals surface area contributed by atoms with E-state index in [1.807, 2.05) is 32.0 Å². The Hall–Kier alpha value is -2.86. The Labute approximate surface area is 178 Å². The topological polar surface area (TPSA) is 104 Å². The Morgan fingerprint density at radius 2 is 1.73 bits per heavy atom. The van der Waals surface area contributed by atoms with Crippen molar-refractivity contribution in [2.75, 3.05) is 6.54 Å². The van der Waals surface area contributed by atoms with Crippen LogP contribution in [0.15, 0.2) is 42.5 Å². The van der Waals surface area contributed by atoms with Gasteiger partial charge < -0.3 is 21.5 Å². The van der Waals surface area contributed by atoms with Gasteiger partial charge in [0.25, 0.3) is 0 Å². The van der Waals surface area contributed by atoms with Gasteiger partial charge in [-0.3, -0.25) is 9.59 Å². The standard InChI is InChI=1S/C24H33N3O3/c1-16-13-20(28)14-17(2)21(16)15-24(4,25)23(30)27-18(3)22(29)26-12-8-11-19-9-6-5-7-10-19/h5-7,9-10,13-14,18,28H,8,11-12,15,25H2,1-4H3,(H,26,29)(H,27,30)/t18-,24+/m1/s1. The second-order valence-corrected chi connectivity index (χ2v) is 8.23. The van der Waals surface area contributed by atoms with E-state index in [1.54, 1.807) is 26.0 Å². The fourth-order valence-corrected chi connectivity index (χ4v) is 3.43. The molecule has 0 aliphatic rings. The molecule has 0 bridgehead atoms. The summed E-state index contributed by atoms with van der Waals surface area (Å²) in [5, 5.41) is 15.3. The first-order chi connectivity index (χ1) is 14.1. The van der Waals surface area contributed by atoms with Crippen LogP contribution in [0.5, 0.6) is 5.75 Å². The Kier molecular flexibility index (Phi) is 8.00. The molecular formula is C24H33N3O3. The SMILES string of the molecule is Cc1cc(O)cc(C)c1C[C@](C)(N)C(=O)N[C@H](C)C(=O)NCCCc1ccccc1. The summed E-state index contributed by atoms with van der Waals surface area (Å²) in [4.78, 5) is 25.0. The average Bonchev–Trinajstić information content (AvgIpc) is 2.68. The van der Waals surface area contributed by atoms with E-state index >= 15 is 0 Å². The predicted molar refractivity (Wildman–Crippen MR) is 119 cm³/mol. The van der Waals surface area contributed by atoms with Crippen LogP contribution in [0.25, 0.3) is 0 Å². The molecular weight excluding hydrogens is 378 g/mol. The van der Waals surface area contributed by atoms with E-state index in [0.29, 0.717) is 13.0 Å². The number of carbonyl (C=O) groups is 2. The number of amides is 2. The molecule has 2 aromatic rings. The molecule has 2 amide bonds. The quantitative estimate of drug-likeness (QED) is 0.476. The molecule has 6 nitrogen and oxygen atoms in total. The van der Waals surface area contributed by atoms with Crippen LogP contribution in [0.1, 0.15) is 42.5 Å². The number of benzene rings is 2. The summed E-state index contributed by atoms with van der Waals surface area (Å²) in [6.07, 6.45) is 2.01. The highest BCUT2D eigenvalue weighted by Gasteiger charge is 2.32. The van der Waals surface area contributed by atoms with E-state index in [2.05, 4.69) is 22.8 Å². The third-order valence-electron chi connectivity index (χ3n) is 5.27. The Balaban J connectivity index is 1.85. The minimum absolute atomic E-state index is 0.189. The van der Waals surface area contributed by atoms with Gasteiger partial charge in [-0.15, -0.1) is 0 Å². The molecule has 2 atom stereocenters. The van der Waals surface area contributed by atoms with E-state index in [0.717, 1.165) is 29.5 Å². The van der Waals surface area contributed by atoms with Crippen LogP contribution < -0.4 is 16.4 Å². The molecule has 0 saturated carbocycles. The number of phenolic OH excluding ortho intramolecular Hbond substituents is 1. The van der Waals surface area contributed by atoms with Crippen LogP contribution >= 0.6 is 0 Å². The molecule has 0 radical (unpaired) electrons. The third kappa shape index (κ3) is 6.59. The summed E-state index contributed by atoms with van der Waals surface area (Å²) < 4.78 is 0. The van der Waals surface area contributed by atoms with Crippen molar-refractivity contribution in [1.29, 1.82) is 0 Å². The molecule has 0 aliphatic heterocycles. The van der Waals surface area contributed by atoms with E-state index < -0.39 is 11.6 Å². The molecule has 2 rings (SSSR count). The van der Waals surface area contributed by atoms with Crippen LogP contribution in [-0.2, 0) is 22.4 Å². The Bertz CT molecular complexity index is 856. The molecule has 0 fully saturated rings. The summed E-state index contributed by atoms with van der Waals surface area (Å²) in [5.41, 5.74) is 9.01. The first-order valence-electron chi connectivity index (χ1n) is 10.3. The predicted octanol–water partition coefficient (Wildman–Crippen LogP) is 2.52. The van der Waals surface area contributed by atoms with E-state index in [1.165, 1.54) is 5.56 Å². The first kappa shape index (κ1) is 23.4. The summed E-state index contributed by atoms with van der Waals surface area (Å²) in [5.74, 6) is -0.431. The van der Waals surface area contributed by atoms with Crippen molar-refractivity contribution in [2.45, 2.75) is 58.5 Å². The Morgan fingerprint density at radius 1 is 1.13 bits per heavy atom. The number of rotatable bonds is 9. The van der Waals surface area contributed by atoms with Crippen molar-refractivity contribution < 1.29 is 14.7 Å². The average molecular weight is 412 g/mol. The summed E-state index contributed by atoms with van der Waals surface area (Å²) in [7, 11) is 0. The van der Waals surface area contributed by atoms with Gasteiger partial charge in [-0.1, -0.05) is 30.3 Å². The number of hydrogen-bond donors (Lipinski definition) is 4. The number of aromatic hydroxyl groups is 1. The smallest absolute Gasteiger partial charge is 0.242 e. The molecule has 2 aromatic carbocycles. The lowest BCUT2D eigenvalue weighted by Gasteiger charge is -2.27. The molecule has 5 N–H and O–H groups in total. The minimum atomic E-state index is -1.19. The van der Waals surface area contributed by atoms with Crippen molar-refractivity contribution in [2.24, 2.45) is 5.73 Å². The van der Waals surface area contributed by atoms with Gasteiger partial charge in [0.1, 0.15) is 11.8 Å². The molecule has 30 heavy (non-hydrogen) atoms. The van der Waals surface area contributed by atoms with Crippen molar-refractivity contribution in [3.05, 3.63) is 64.7 Å². The van der Waals surface area contributed by atoms with E-state index in [-0.39, 0.29) is 17.6 Å². The Morgan fingerprint density at radius 3 is 2.33 bits per heavy atom. The molecule has 6 heteroatoms. The van der Waals surface area contributed by atoms with Gasteiger partial charge in [0.2, 0.25) is 11.8 Å². The van der Waals surface area contributed by atoms with Gasteiger partial charge in [-0.05, 0) is 81.3 Å². The minimum Gasteiger partial charge on any atom is -0.508 e. The zero-order valence-corrected chi connectivity index (χ0v) is 18.3. The van der Waals surface area contributed by atoms with Crippen molar-refractivity contribution in [3.63, 3.8) is 0 Å². The second kappa shape index (κ2) is 10.3.